The normalized spacial score (nSPS) is 38.1. The first kappa shape index (κ1) is 11.8. The molecule has 1 spiro atoms. The molecule has 0 aromatic heterocycles. The summed E-state index contributed by atoms with van der Waals surface area (Å²) in [6.07, 6.45) is 9.36. The van der Waals surface area contributed by atoms with Crippen LogP contribution in [0.3, 0.4) is 0 Å². The number of methoxy groups -OCH3 is 1. The summed E-state index contributed by atoms with van der Waals surface area (Å²) in [4.78, 5) is 4.88. The van der Waals surface area contributed by atoms with Crippen LogP contribution in [0.5, 0.6) is 0 Å². The number of thioether (sulfide) groups is 1. The van der Waals surface area contributed by atoms with Crippen molar-refractivity contribution in [1.82, 2.24) is 5.32 Å². The van der Waals surface area contributed by atoms with Crippen LogP contribution in [0.25, 0.3) is 0 Å². The molecule has 1 N–H and O–H groups in total. The van der Waals surface area contributed by atoms with Crippen LogP contribution in [0.4, 0.5) is 0 Å². The molecule has 0 amide bonds. The Morgan fingerprint density at radius 1 is 1.35 bits per heavy atom. The van der Waals surface area contributed by atoms with Gasteiger partial charge in [-0.25, -0.2) is 0 Å². The van der Waals surface area contributed by atoms with Crippen molar-refractivity contribution in [2.24, 2.45) is 4.99 Å². The topological polar surface area (TPSA) is 33.6 Å². The molecule has 2 unspecified atom stereocenters. The van der Waals surface area contributed by atoms with Gasteiger partial charge in [0.05, 0.1) is 12.1 Å². The predicted octanol–water partition coefficient (Wildman–Crippen LogP) is 2.56. The first-order valence-electron chi connectivity index (χ1n) is 6.81. The Labute approximate surface area is 108 Å². The van der Waals surface area contributed by atoms with E-state index in [0.29, 0.717) is 17.7 Å². The fraction of sp³-hybridized carbons (Fsp3) is 0.923. The van der Waals surface area contributed by atoms with E-state index in [9.17, 15) is 0 Å². The van der Waals surface area contributed by atoms with Crippen molar-refractivity contribution in [1.29, 1.82) is 0 Å². The molecular formula is C13H22N2OS. The molecule has 0 bridgehead atoms. The van der Waals surface area contributed by atoms with Gasteiger partial charge < -0.3 is 10.1 Å². The summed E-state index contributed by atoms with van der Waals surface area (Å²) in [6.45, 7) is 0. The van der Waals surface area contributed by atoms with Crippen LogP contribution in [-0.2, 0) is 4.74 Å². The standard InChI is InChI=1S/C13H22N2OS/c1-16-11-5-4-10(8-11)14-12-15-13(9-17-12)6-2-3-7-13/h10-11H,2-9H2,1H3,(H,14,15). The smallest absolute Gasteiger partial charge is 0.157 e. The van der Waals surface area contributed by atoms with Gasteiger partial charge in [0.15, 0.2) is 5.17 Å². The molecule has 0 aromatic carbocycles. The number of aliphatic imine (C=N–C) groups is 1. The zero-order valence-electron chi connectivity index (χ0n) is 10.6. The molecule has 3 fully saturated rings. The molecule has 96 valence electrons. The SMILES string of the molecule is COC1CCC(N=C2NC3(CCCC3)CS2)C1. The highest BCUT2D eigenvalue weighted by Crippen LogP contribution is 2.38. The molecule has 1 saturated heterocycles. The number of nitrogens with one attached hydrogen (secondary N) is 1. The number of nitrogens with zero attached hydrogens (tertiary/aromatic N) is 1. The van der Waals surface area contributed by atoms with E-state index in [1.54, 1.807) is 0 Å². The van der Waals surface area contributed by atoms with Gasteiger partial charge in [-0.05, 0) is 32.1 Å². The molecule has 3 nitrogen and oxygen atoms in total. The minimum atomic E-state index is 0.406. The molecule has 0 aromatic rings. The number of amidine groups is 1. The van der Waals surface area contributed by atoms with Crippen molar-refractivity contribution in [3.05, 3.63) is 0 Å². The first-order valence-corrected chi connectivity index (χ1v) is 7.80. The third-order valence-electron chi connectivity index (χ3n) is 4.41. The average Bonchev–Trinajstić information content (AvgIpc) is 3.03. The zero-order valence-corrected chi connectivity index (χ0v) is 11.4. The Morgan fingerprint density at radius 2 is 2.18 bits per heavy atom. The summed E-state index contributed by atoms with van der Waals surface area (Å²) in [5, 5.41) is 4.90. The molecular weight excluding hydrogens is 232 g/mol. The number of rotatable bonds is 2. The largest absolute Gasteiger partial charge is 0.381 e. The second kappa shape index (κ2) is 4.81. The predicted molar refractivity (Wildman–Crippen MR) is 72.7 cm³/mol. The van der Waals surface area contributed by atoms with Crippen molar-refractivity contribution < 1.29 is 4.74 Å². The van der Waals surface area contributed by atoms with Gasteiger partial charge in [0.25, 0.3) is 0 Å². The van der Waals surface area contributed by atoms with E-state index >= 15 is 0 Å². The summed E-state index contributed by atoms with van der Waals surface area (Å²) < 4.78 is 5.40. The fourth-order valence-corrected chi connectivity index (χ4v) is 4.60. The van der Waals surface area contributed by atoms with Crippen LogP contribution in [0.1, 0.15) is 44.9 Å². The Morgan fingerprint density at radius 3 is 2.88 bits per heavy atom. The van der Waals surface area contributed by atoms with Gasteiger partial charge in [-0.2, -0.15) is 0 Å². The minimum absolute atomic E-state index is 0.406. The van der Waals surface area contributed by atoms with Gasteiger partial charge in [0.2, 0.25) is 0 Å². The van der Waals surface area contributed by atoms with Gasteiger partial charge in [0.1, 0.15) is 0 Å². The Bertz CT molecular complexity index is 313. The Hall–Kier alpha value is -0.220. The van der Waals surface area contributed by atoms with Crippen LogP contribution in [0.15, 0.2) is 4.99 Å². The van der Waals surface area contributed by atoms with E-state index in [1.165, 1.54) is 49.4 Å². The fourth-order valence-electron chi connectivity index (χ4n) is 3.31. The molecule has 1 heterocycles. The lowest BCUT2D eigenvalue weighted by atomic mass is 10.0. The first-order chi connectivity index (χ1) is 8.30. The van der Waals surface area contributed by atoms with Gasteiger partial charge >= 0.3 is 0 Å². The number of hydrogen-bond acceptors (Lipinski definition) is 3. The molecule has 1 aliphatic heterocycles. The summed E-state index contributed by atoms with van der Waals surface area (Å²) in [5.74, 6) is 1.23. The van der Waals surface area contributed by atoms with E-state index in [0.717, 1.165) is 6.42 Å². The van der Waals surface area contributed by atoms with Crippen LogP contribution < -0.4 is 5.32 Å². The quantitative estimate of drug-likeness (QED) is 0.822. The van der Waals surface area contributed by atoms with Gasteiger partial charge in [-0.1, -0.05) is 24.6 Å². The zero-order chi connectivity index (χ0) is 11.7. The lowest BCUT2D eigenvalue weighted by Crippen LogP contribution is -2.40. The van der Waals surface area contributed by atoms with Crippen LogP contribution in [-0.4, -0.2) is 35.7 Å². The summed E-state index contributed by atoms with van der Waals surface area (Å²) in [5.41, 5.74) is 0.406. The van der Waals surface area contributed by atoms with E-state index < -0.39 is 0 Å². The molecule has 0 radical (unpaired) electrons. The van der Waals surface area contributed by atoms with Crippen LogP contribution >= 0.6 is 11.8 Å². The monoisotopic (exact) mass is 254 g/mol. The summed E-state index contributed by atoms with van der Waals surface area (Å²) >= 11 is 1.93. The summed E-state index contributed by atoms with van der Waals surface area (Å²) in [6, 6.07) is 0.492. The maximum absolute atomic E-state index is 5.40. The second-order valence-corrected chi connectivity index (χ2v) is 6.62. The molecule has 2 aliphatic carbocycles. The van der Waals surface area contributed by atoms with Crippen molar-refractivity contribution in [3.63, 3.8) is 0 Å². The second-order valence-electron chi connectivity index (χ2n) is 5.66. The number of ether oxygens (including phenoxy) is 1. The van der Waals surface area contributed by atoms with Crippen molar-refractivity contribution >= 4 is 16.9 Å². The Kier molecular flexibility index (Phi) is 3.35. The highest BCUT2D eigenvalue weighted by molar-refractivity contribution is 8.14. The van der Waals surface area contributed by atoms with E-state index in [-0.39, 0.29) is 0 Å². The van der Waals surface area contributed by atoms with Gasteiger partial charge in [0, 0.05) is 18.4 Å². The van der Waals surface area contributed by atoms with Gasteiger partial charge in [-0.3, -0.25) is 4.99 Å². The molecule has 4 heteroatoms. The van der Waals surface area contributed by atoms with Crippen molar-refractivity contribution in [3.8, 4) is 0 Å². The minimum Gasteiger partial charge on any atom is -0.381 e. The highest BCUT2D eigenvalue weighted by atomic mass is 32.2. The van der Waals surface area contributed by atoms with Crippen molar-refractivity contribution in [2.45, 2.75) is 62.6 Å². The third-order valence-corrected chi connectivity index (χ3v) is 5.59. The summed E-state index contributed by atoms with van der Waals surface area (Å²) in [7, 11) is 1.82. The molecule has 17 heavy (non-hydrogen) atoms. The van der Waals surface area contributed by atoms with E-state index in [2.05, 4.69) is 5.32 Å². The molecule has 3 rings (SSSR count). The lowest BCUT2D eigenvalue weighted by molar-refractivity contribution is 0.108. The van der Waals surface area contributed by atoms with Crippen LogP contribution in [0.2, 0.25) is 0 Å². The number of hydrogen-bond donors (Lipinski definition) is 1. The third kappa shape index (κ3) is 2.48. The highest BCUT2D eigenvalue weighted by Gasteiger charge is 2.40. The molecule has 3 aliphatic rings. The van der Waals surface area contributed by atoms with E-state index in [4.69, 9.17) is 9.73 Å². The maximum atomic E-state index is 5.40. The average molecular weight is 254 g/mol. The van der Waals surface area contributed by atoms with Crippen molar-refractivity contribution in [2.75, 3.05) is 12.9 Å². The molecule has 2 saturated carbocycles. The van der Waals surface area contributed by atoms with Gasteiger partial charge in [-0.15, -0.1) is 0 Å². The molecule has 2 atom stereocenters. The van der Waals surface area contributed by atoms with Crippen LogP contribution in [0, 0.1) is 0 Å². The Balaban J connectivity index is 1.59. The lowest BCUT2D eigenvalue weighted by Gasteiger charge is -2.22. The maximum Gasteiger partial charge on any atom is 0.157 e. The van der Waals surface area contributed by atoms with E-state index in [1.807, 2.05) is 18.9 Å².